The molecule has 0 unspecified atom stereocenters. The summed E-state index contributed by atoms with van der Waals surface area (Å²) >= 11 is 0. The number of aliphatic hydroxyl groups excluding tert-OH is 1. The topological polar surface area (TPSA) is 70.1 Å². The first-order chi connectivity index (χ1) is 12.1. The summed E-state index contributed by atoms with van der Waals surface area (Å²) < 4.78 is 39.6. The highest BCUT2D eigenvalue weighted by Gasteiger charge is 2.34. The average Bonchev–Trinajstić information content (AvgIpc) is 2.54. The van der Waals surface area contributed by atoms with Gasteiger partial charge in [-0.15, -0.1) is 0 Å². The van der Waals surface area contributed by atoms with E-state index >= 15 is 0 Å². The maximum absolute atomic E-state index is 13.2. The maximum atomic E-state index is 13.2. The highest BCUT2D eigenvalue weighted by Crippen LogP contribution is 2.31. The van der Waals surface area contributed by atoms with Gasteiger partial charge in [-0.1, -0.05) is 26.0 Å². The molecule has 5 nitrogen and oxygen atoms in total. The Kier molecular flexibility index (Phi) is 6.07. The van der Waals surface area contributed by atoms with Crippen LogP contribution in [0.25, 0.3) is 0 Å². The van der Waals surface area contributed by atoms with Crippen molar-refractivity contribution in [1.82, 2.24) is 9.97 Å². The van der Waals surface area contributed by atoms with Crippen molar-refractivity contribution in [2.24, 2.45) is 5.92 Å². The fraction of sp³-hybridized carbons (Fsp3) is 0.444. The molecule has 1 atom stereocenters. The van der Waals surface area contributed by atoms with Gasteiger partial charge in [-0.2, -0.15) is 18.2 Å². The van der Waals surface area contributed by atoms with Gasteiger partial charge in [0.2, 0.25) is 5.95 Å². The molecule has 8 heteroatoms. The Hall–Kier alpha value is -2.35. The molecule has 0 fully saturated rings. The zero-order valence-corrected chi connectivity index (χ0v) is 15.1. The molecule has 0 amide bonds. The minimum atomic E-state index is -4.61. The van der Waals surface area contributed by atoms with E-state index in [1.165, 1.54) is 0 Å². The van der Waals surface area contributed by atoms with Crippen molar-refractivity contribution in [2.45, 2.75) is 39.9 Å². The molecule has 2 aromatic rings. The van der Waals surface area contributed by atoms with E-state index in [1.807, 2.05) is 45.9 Å². The molecular weight excluding hydrogens is 345 g/mol. The summed E-state index contributed by atoms with van der Waals surface area (Å²) in [6.07, 6.45) is -4.61. The van der Waals surface area contributed by atoms with Gasteiger partial charge in [0.1, 0.15) is 5.82 Å². The van der Waals surface area contributed by atoms with Crippen LogP contribution < -0.4 is 10.6 Å². The second-order valence-electron chi connectivity index (χ2n) is 6.58. The summed E-state index contributed by atoms with van der Waals surface area (Å²) in [5.74, 6) is -0.155. The van der Waals surface area contributed by atoms with Crippen LogP contribution in [0.5, 0.6) is 0 Å². The number of aromatic nitrogens is 2. The Bertz CT molecular complexity index is 763. The van der Waals surface area contributed by atoms with Gasteiger partial charge in [-0.25, -0.2) is 4.98 Å². The number of alkyl halides is 3. The number of benzene rings is 1. The van der Waals surface area contributed by atoms with Crippen LogP contribution in [0.1, 0.15) is 30.7 Å². The Labute approximate surface area is 150 Å². The van der Waals surface area contributed by atoms with E-state index in [2.05, 4.69) is 20.6 Å². The fourth-order valence-corrected chi connectivity index (χ4v) is 2.32. The molecular formula is C18H23F3N4O. The molecule has 0 aliphatic carbocycles. The predicted molar refractivity (Wildman–Crippen MR) is 95.6 cm³/mol. The Morgan fingerprint density at radius 2 is 1.81 bits per heavy atom. The third-order valence-electron chi connectivity index (χ3n) is 3.99. The molecule has 0 radical (unpaired) electrons. The molecule has 2 rings (SSSR count). The number of aryl methyl sites for hydroxylation is 2. The van der Waals surface area contributed by atoms with E-state index in [0.29, 0.717) is 5.69 Å². The summed E-state index contributed by atoms with van der Waals surface area (Å²) in [6, 6.07) is 6.05. The van der Waals surface area contributed by atoms with Crippen LogP contribution in [0.4, 0.5) is 30.6 Å². The van der Waals surface area contributed by atoms with Crippen LogP contribution in [-0.4, -0.2) is 27.7 Å². The highest BCUT2D eigenvalue weighted by molar-refractivity contribution is 5.62. The molecule has 1 aromatic carbocycles. The summed E-state index contributed by atoms with van der Waals surface area (Å²) in [7, 11) is 0. The molecule has 1 heterocycles. The molecule has 26 heavy (non-hydrogen) atoms. The van der Waals surface area contributed by atoms with Crippen LogP contribution in [-0.2, 0) is 6.18 Å². The van der Waals surface area contributed by atoms with Gasteiger partial charge in [0.05, 0.1) is 12.6 Å². The third-order valence-corrected chi connectivity index (χ3v) is 3.99. The van der Waals surface area contributed by atoms with Gasteiger partial charge in [0.15, 0.2) is 5.69 Å². The molecule has 3 N–H and O–H groups in total. The maximum Gasteiger partial charge on any atom is 0.433 e. The first kappa shape index (κ1) is 20.0. The molecule has 0 saturated heterocycles. The molecule has 1 aromatic heterocycles. The molecule has 0 saturated carbocycles. The highest BCUT2D eigenvalue weighted by atomic mass is 19.4. The van der Waals surface area contributed by atoms with Crippen molar-refractivity contribution in [2.75, 3.05) is 17.2 Å². The average molecular weight is 368 g/mol. The first-order valence-corrected chi connectivity index (χ1v) is 8.28. The minimum Gasteiger partial charge on any atom is -0.394 e. The number of halogens is 3. The predicted octanol–water partition coefficient (Wildman–Crippen LogP) is 4.28. The second kappa shape index (κ2) is 7.90. The number of aliphatic hydroxyl groups is 1. The lowest BCUT2D eigenvalue weighted by molar-refractivity contribution is -0.141. The molecule has 0 bridgehead atoms. The normalized spacial score (nSPS) is 13.0. The zero-order valence-electron chi connectivity index (χ0n) is 15.1. The van der Waals surface area contributed by atoms with Gasteiger partial charge >= 0.3 is 6.18 Å². The van der Waals surface area contributed by atoms with Crippen LogP contribution in [0.15, 0.2) is 24.3 Å². The van der Waals surface area contributed by atoms with Gasteiger partial charge in [-0.05, 0) is 37.0 Å². The van der Waals surface area contributed by atoms with Crippen molar-refractivity contribution in [1.29, 1.82) is 0 Å². The van der Waals surface area contributed by atoms with Crippen molar-refractivity contribution >= 4 is 17.5 Å². The zero-order chi connectivity index (χ0) is 19.5. The molecule has 0 aliphatic heterocycles. The van der Waals surface area contributed by atoms with E-state index in [9.17, 15) is 18.3 Å². The van der Waals surface area contributed by atoms with Crippen LogP contribution in [0, 0.1) is 19.8 Å². The van der Waals surface area contributed by atoms with Crippen molar-refractivity contribution in [3.63, 3.8) is 0 Å². The molecule has 0 spiro atoms. The lowest BCUT2D eigenvalue weighted by atomic mass is 10.1. The largest absolute Gasteiger partial charge is 0.433 e. The van der Waals surface area contributed by atoms with Crippen molar-refractivity contribution < 1.29 is 18.3 Å². The van der Waals surface area contributed by atoms with Crippen LogP contribution in [0.3, 0.4) is 0 Å². The summed E-state index contributed by atoms with van der Waals surface area (Å²) in [5, 5.41) is 15.1. The van der Waals surface area contributed by atoms with E-state index < -0.39 is 17.9 Å². The Balaban J connectivity index is 2.41. The quantitative estimate of drug-likeness (QED) is 0.710. The van der Waals surface area contributed by atoms with Crippen molar-refractivity contribution in [3.8, 4) is 0 Å². The lowest BCUT2D eigenvalue weighted by Gasteiger charge is -2.21. The standard InChI is InChI=1S/C18H23F3N4O/c1-10(2)14(9-26)23-17-24-15(18(19,20)21)8-16(25-17)22-13-7-11(3)5-6-12(13)4/h5-8,10,14,26H,9H2,1-4H3,(H2,22,23,24,25)/t14-/m0/s1. The van der Waals surface area contributed by atoms with Gasteiger partial charge in [-0.3, -0.25) is 0 Å². The number of rotatable bonds is 6. The summed E-state index contributed by atoms with van der Waals surface area (Å²) in [4.78, 5) is 7.70. The second-order valence-corrected chi connectivity index (χ2v) is 6.58. The van der Waals surface area contributed by atoms with E-state index in [-0.39, 0.29) is 24.3 Å². The number of nitrogens with zero attached hydrogens (tertiary/aromatic N) is 2. The first-order valence-electron chi connectivity index (χ1n) is 8.28. The van der Waals surface area contributed by atoms with E-state index in [0.717, 1.165) is 17.2 Å². The van der Waals surface area contributed by atoms with Gasteiger partial charge in [0, 0.05) is 11.8 Å². The van der Waals surface area contributed by atoms with Gasteiger partial charge in [0.25, 0.3) is 0 Å². The number of hydrogen-bond acceptors (Lipinski definition) is 5. The lowest BCUT2D eigenvalue weighted by Crippen LogP contribution is -2.30. The number of hydrogen-bond donors (Lipinski definition) is 3. The smallest absolute Gasteiger partial charge is 0.394 e. The van der Waals surface area contributed by atoms with E-state index in [4.69, 9.17) is 0 Å². The van der Waals surface area contributed by atoms with Gasteiger partial charge < -0.3 is 15.7 Å². The minimum absolute atomic E-state index is 0.00595. The fourth-order valence-electron chi connectivity index (χ4n) is 2.32. The van der Waals surface area contributed by atoms with Crippen molar-refractivity contribution in [3.05, 3.63) is 41.1 Å². The molecule has 0 aliphatic rings. The number of anilines is 3. The van der Waals surface area contributed by atoms with Crippen LogP contribution in [0.2, 0.25) is 0 Å². The van der Waals surface area contributed by atoms with Crippen LogP contribution >= 0.6 is 0 Å². The third kappa shape index (κ3) is 5.08. The Morgan fingerprint density at radius 1 is 1.12 bits per heavy atom. The molecule has 142 valence electrons. The monoisotopic (exact) mass is 368 g/mol. The summed E-state index contributed by atoms with van der Waals surface area (Å²) in [5.41, 5.74) is 1.47. The SMILES string of the molecule is Cc1ccc(C)c(Nc2cc(C(F)(F)F)nc(N[C@@H](CO)C(C)C)n2)c1. The van der Waals surface area contributed by atoms with E-state index in [1.54, 1.807) is 0 Å². The number of nitrogens with one attached hydrogen (secondary N) is 2. The summed E-state index contributed by atoms with van der Waals surface area (Å²) in [6.45, 7) is 7.20. The Morgan fingerprint density at radius 3 is 2.38 bits per heavy atom.